The van der Waals surface area contributed by atoms with Crippen molar-refractivity contribution in [2.45, 2.75) is 25.8 Å². The molecule has 3 rings (SSSR count). The van der Waals surface area contributed by atoms with Gasteiger partial charge >= 0.3 is 6.03 Å². The Hall–Kier alpha value is -1.91. The van der Waals surface area contributed by atoms with Crippen LogP contribution in [0.2, 0.25) is 5.02 Å². The number of rotatable bonds is 6. The highest BCUT2D eigenvalue weighted by Crippen LogP contribution is 2.28. The molecule has 1 aromatic carbocycles. The van der Waals surface area contributed by atoms with Crippen LogP contribution in [0.3, 0.4) is 0 Å². The first-order chi connectivity index (χ1) is 16.5. The second-order valence-corrected chi connectivity index (χ2v) is 10.6. The molecular weight excluding hydrogens is 485 g/mol. The Kier molecular flexibility index (Phi) is 11.2. The van der Waals surface area contributed by atoms with Crippen LogP contribution in [-0.2, 0) is 10.0 Å². The summed E-state index contributed by atoms with van der Waals surface area (Å²) in [4.78, 5) is 18.4. The maximum Gasteiger partial charge on any atom is 0.321 e. The summed E-state index contributed by atoms with van der Waals surface area (Å²) >= 11 is 6.29. The third-order valence-corrected chi connectivity index (χ3v) is 7.63. The molecule has 7 radical (unpaired) electrons. The molecule has 2 heterocycles. The second kappa shape index (κ2) is 13.4. The third-order valence-electron chi connectivity index (χ3n) is 5.46. The van der Waals surface area contributed by atoms with Crippen molar-refractivity contribution in [3.05, 3.63) is 47.4 Å². The Balaban J connectivity index is 0.000000784. The minimum Gasteiger partial charge on any atom is -0.325 e. The molecule has 1 aliphatic rings. The molecule has 0 unspecified atom stereocenters. The number of hydrogen-bond acceptors (Lipinski definition) is 4. The Morgan fingerprint density at radius 3 is 2.49 bits per heavy atom. The molecular formula is C20H24B5ClFN4O3S. The molecule has 2 aromatic rings. The van der Waals surface area contributed by atoms with E-state index in [2.05, 4.69) is 10.3 Å². The van der Waals surface area contributed by atoms with Crippen LogP contribution in [0.5, 0.6) is 0 Å². The van der Waals surface area contributed by atoms with Crippen LogP contribution in [-0.4, -0.2) is 97.2 Å². The van der Waals surface area contributed by atoms with Gasteiger partial charge in [0.25, 0.3) is 0 Å². The molecule has 15 heteroatoms. The number of hydrogen-bond donors (Lipinski definition) is 1. The molecule has 7 nitrogen and oxygen atoms in total. The number of benzene rings is 1. The fourth-order valence-electron chi connectivity index (χ4n) is 3.42. The largest absolute Gasteiger partial charge is 0.325 e. The topological polar surface area (TPSA) is 82.6 Å². The number of halogens is 2. The van der Waals surface area contributed by atoms with Gasteiger partial charge in [-0.25, -0.2) is 21.9 Å². The van der Waals surface area contributed by atoms with Crippen LogP contribution in [0.1, 0.15) is 19.8 Å². The van der Waals surface area contributed by atoms with Crippen molar-refractivity contribution in [3.8, 4) is 11.3 Å². The monoisotopic (exact) mass is 509 g/mol. The number of carbonyl (C=O) groups is 1. The first-order valence-corrected chi connectivity index (χ1v) is 13.0. The van der Waals surface area contributed by atoms with Gasteiger partial charge in [-0.2, -0.15) is 0 Å². The molecule has 1 N–H and O–H groups in total. The van der Waals surface area contributed by atoms with Crippen LogP contribution in [0, 0.1) is 5.82 Å². The summed E-state index contributed by atoms with van der Waals surface area (Å²) in [6.07, 6.45) is 2.14. The first kappa shape index (κ1) is 29.3. The van der Waals surface area contributed by atoms with Crippen molar-refractivity contribution in [3.63, 3.8) is 0 Å². The molecule has 0 spiro atoms. The van der Waals surface area contributed by atoms with E-state index in [1.54, 1.807) is 37.1 Å². The van der Waals surface area contributed by atoms with E-state index in [0.29, 0.717) is 47.9 Å². The molecule has 1 aromatic heterocycles. The van der Waals surface area contributed by atoms with E-state index < -0.39 is 16.4 Å². The van der Waals surface area contributed by atoms with Gasteiger partial charge in [0.2, 0.25) is 10.0 Å². The van der Waals surface area contributed by atoms with Gasteiger partial charge in [0.1, 0.15) is 5.82 Å². The number of aromatic nitrogens is 1. The van der Waals surface area contributed by atoms with Crippen LogP contribution < -0.4 is 5.32 Å². The molecule has 0 bridgehead atoms. The predicted molar refractivity (Wildman–Crippen MR) is 144 cm³/mol. The Bertz CT molecular complexity index is 1110. The van der Waals surface area contributed by atoms with Gasteiger partial charge in [-0.05, 0) is 38.0 Å². The maximum atomic E-state index is 13.4. The zero-order valence-electron chi connectivity index (χ0n) is 19.7. The Labute approximate surface area is 217 Å². The number of amides is 2. The molecule has 35 heavy (non-hydrogen) atoms. The lowest BCUT2D eigenvalue weighted by molar-refractivity contribution is 0.174. The minimum atomic E-state index is -3.21. The molecule has 0 atom stereocenters. The van der Waals surface area contributed by atoms with Crippen molar-refractivity contribution < 1.29 is 17.6 Å². The number of piperidine rings is 1. The van der Waals surface area contributed by atoms with E-state index in [1.165, 1.54) is 29.7 Å². The molecule has 0 aliphatic carbocycles. The third kappa shape index (κ3) is 8.61. The predicted octanol–water partition coefficient (Wildman–Crippen LogP) is 1.91. The Morgan fingerprint density at radius 1 is 1.34 bits per heavy atom. The van der Waals surface area contributed by atoms with Crippen LogP contribution in [0.25, 0.3) is 11.3 Å². The van der Waals surface area contributed by atoms with E-state index in [-0.39, 0.29) is 23.6 Å². The summed E-state index contributed by atoms with van der Waals surface area (Å²) in [7, 11) is 14.3. The fraction of sp³-hybridized carbons (Fsp3) is 0.400. The van der Waals surface area contributed by atoms with Gasteiger partial charge in [0.05, 0.1) is 28.4 Å². The first-order valence-electron chi connectivity index (χ1n) is 11.0. The van der Waals surface area contributed by atoms with Crippen LogP contribution in [0.15, 0.2) is 36.5 Å². The molecule has 2 amide bonds. The number of nitrogens with one attached hydrogen (secondary N) is 1. The van der Waals surface area contributed by atoms with Gasteiger partial charge in [-0.15, -0.1) is 0 Å². The number of urea groups is 1. The van der Waals surface area contributed by atoms with Gasteiger partial charge in [-0.3, -0.25) is 4.98 Å². The van der Waals surface area contributed by atoms with Crippen molar-refractivity contribution in [1.82, 2.24) is 14.2 Å². The maximum absolute atomic E-state index is 13.4. The smallest absolute Gasteiger partial charge is 0.321 e. The summed E-state index contributed by atoms with van der Waals surface area (Å²) in [5, 5.41) is 3.05. The summed E-state index contributed by atoms with van der Waals surface area (Å²) in [5.74, 6) is -0.310. The number of sulfonamides is 1. The van der Waals surface area contributed by atoms with E-state index in [4.69, 9.17) is 34.8 Å². The van der Waals surface area contributed by atoms with E-state index in [9.17, 15) is 17.6 Å². The second-order valence-electron chi connectivity index (χ2n) is 7.91. The van der Waals surface area contributed by atoms with E-state index >= 15 is 0 Å². The summed E-state index contributed by atoms with van der Waals surface area (Å²) < 4.78 is 38.9. The lowest BCUT2D eigenvalue weighted by Crippen LogP contribution is -2.48. The summed E-state index contributed by atoms with van der Waals surface area (Å²) in [5.41, 5.74) is 1.39. The quantitative estimate of drug-likeness (QED) is 0.604. The zero-order chi connectivity index (χ0) is 26.2. The standard InChI is InChI=1S/C20H24ClFN4O3S.B5/c1-3-30(28,29)26-9-7-17(8-10-26)25(2)20(27)24-16-12-18(21)19(23-13-16)14-5-4-6-15(22)11-14;1-4-5(2)3/h4-6,11-13,17H,3,7-10H2,1-2H3,(H,24,27);. The molecule has 177 valence electrons. The fourth-order valence-corrected chi connectivity index (χ4v) is 4.83. The van der Waals surface area contributed by atoms with Crippen molar-refractivity contribution in [2.24, 2.45) is 0 Å². The highest BCUT2D eigenvalue weighted by Gasteiger charge is 2.30. The van der Waals surface area contributed by atoms with Gasteiger partial charge in [0.15, 0.2) is 0 Å². The average Bonchev–Trinajstić information content (AvgIpc) is 2.84. The highest BCUT2D eigenvalue weighted by atomic mass is 35.5. The van der Waals surface area contributed by atoms with Crippen molar-refractivity contribution >= 4 is 70.0 Å². The van der Waals surface area contributed by atoms with Crippen molar-refractivity contribution in [1.29, 1.82) is 0 Å². The average molecular weight is 509 g/mol. The summed E-state index contributed by atoms with van der Waals surface area (Å²) in [6, 6.07) is 7.12. The molecule has 1 aliphatic heterocycles. The number of pyridine rings is 1. The zero-order valence-corrected chi connectivity index (χ0v) is 21.3. The van der Waals surface area contributed by atoms with E-state index in [1.807, 2.05) is 0 Å². The van der Waals surface area contributed by atoms with Crippen LogP contribution >= 0.6 is 11.6 Å². The summed E-state index contributed by atoms with van der Waals surface area (Å²) in [6.45, 7) is 2.42. The highest BCUT2D eigenvalue weighted by molar-refractivity contribution is 7.89. The Morgan fingerprint density at radius 2 is 1.97 bits per heavy atom. The van der Waals surface area contributed by atoms with Gasteiger partial charge < -0.3 is 10.2 Å². The lowest BCUT2D eigenvalue weighted by atomic mass is 8.97. The van der Waals surface area contributed by atoms with Crippen LogP contribution in [0.4, 0.5) is 14.9 Å². The molecule has 1 fully saturated rings. The van der Waals surface area contributed by atoms with Crippen molar-refractivity contribution in [2.75, 3.05) is 31.2 Å². The van der Waals surface area contributed by atoms with Gasteiger partial charge in [-0.1, -0.05) is 23.7 Å². The molecule has 0 saturated carbocycles. The van der Waals surface area contributed by atoms with Gasteiger partial charge in [0, 0.05) is 68.4 Å². The SMILES string of the molecule is CCS(=O)(=O)N1CCC(N(C)C(=O)Nc2cnc(-c3cccc(F)c3)c(Cl)c2)CC1.[B][B]B([B])[B]. The number of carbonyl (C=O) groups excluding carboxylic acids is 1. The molecule has 1 saturated heterocycles. The van der Waals surface area contributed by atoms with E-state index in [0.717, 1.165) is 0 Å². The number of anilines is 1. The number of nitrogens with zero attached hydrogens (tertiary/aromatic N) is 3. The minimum absolute atomic E-state index is 0.0664. The normalized spacial score (nSPS) is 14.4. The lowest BCUT2D eigenvalue weighted by Gasteiger charge is -2.35.